The van der Waals surface area contributed by atoms with E-state index in [1.54, 1.807) is 12.1 Å². The highest BCUT2D eigenvalue weighted by Gasteiger charge is 2.15. The monoisotopic (exact) mass is 490 g/mol. The van der Waals surface area contributed by atoms with Crippen molar-refractivity contribution >= 4 is 16.8 Å². The zero-order chi connectivity index (χ0) is 25.3. The van der Waals surface area contributed by atoms with Crippen LogP contribution in [0, 0.1) is 15.9 Å². The van der Waals surface area contributed by atoms with Crippen molar-refractivity contribution in [1.29, 1.82) is 0 Å². The molecule has 188 valence electrons. The predicted octanol–water partition coefficient (Wildman–Crippen LogP) is 8.73. The number of non-ortho nitro benzene ring substituents is 1. The zero-order valence-electron chi connectivity index (χ0n) is 20.5. The first-order chi connectivity index (χ1) is 17.5. The molecule has 0 aliphatic rings. The van der Waals surface area contributed by atoms with Gasteiger partial charge in [-0.1, -0.05) is 70.1 Å². The highest BCUT2D eigenvalue weighted by atomic mass is 19.1. The first-order valence-electron chi connectivity index (χ1n) is 12.6. The summed E-state index contributed by atoms with van der Waals surface area (Å²) in [5.74, 6) is 0.577. The van der Waals surface area contributed by atoms with Crippen LogP contribution in [0.2, 0.25) is 0 Å². The van der Waals surface area contributed by atoms with Gasteiger partial charge in [-0.15, -0.1) is 0 Å². The Morgan fingerprint density at radius 2 is 1.58 bits per heavy atom. The number of halogens is 1. The average Bonchev–Trinajstić information content (AvgIpc) is 3.32. The van der Waals surface area contributed by atoms with Crippen LogP contribution in [0.15, 0.2) is 65.1 Å². The van der Waals surface area contributed by atoms with Crippen LogP contribution in [0.3, 0.4) is 0 Å². The fraction of sp³-hybridized carbons (Fsp3) is 0.345. The lowest BCUT2D eigenvalue weighted by molar-refractivity contribution is -0.384. The summed E-state index contributed by atoms with van der Waals surface area (Å²) in [7, 11) is 0. The van der Waals surface area contributed by atoms with Gasteiger partial charge in [0.05, 0.1) is 11.5 Å². The van der Waals surface area contributed by atoms with Crippen molar-refractivity contribution < 1.29 is 18.5 Å². The molecular weight excluding hydrogens is 459 g/mol. The van der Waals surface area contributed by atoms with E-state index < -0.39 is 10.7 Å². The van der Waals surface area contributed by atoms with E-state index in [0.29, 0.717) is 28.8 Å². The van der Waals surface area contributed by atoms with Crippen LogP contribution in [0.1, 0.15) is 58.3 Å². The summed E-state index contributed by atoms with van der Waals surface area (Å²) < 4.78 is 26.5. The maximum Gasteiger partial charge on any atom is 0.271 e. The molecule has 1 aromatic heterocycles. The molecule has 0 atom stereocenters. The van der Waals surface area contributed by atoms with Crippen molar-refractivity contribution in [3.05, 3.63) is 76.6 Å². The molecule has 4 aromatic rings. The number of benzene rings is 3. The number of oxazole rings is 1. The number of nitro benzene ring substituents is 1. The Hall–Kier alpha value is -3.74. The SMILES string of the molecule is CCCCCCCCCCOc1ccc(-c2ccc(-c3nc4cc([N+](=O)[O-])ccc4o3)cc2F)cc1. The number of hydrogen-bond acceptors (Lipinski definition) is 5. The lowest BCUT2D eigenvalue weighted by Crippen LogP contribution is -1.97. The van der Waals surface area contributed by atoms with Crippen LogP contribution in [0.25, 0.3) is 33.7 Å². The number of ether oxygens (including phenoxy) is 1. The van der Waals surface area contributed by atoms with Crippen LogP contribution in [-0.2, 0) is 0 Å². The van der Waals surface area contributed by atoms with Gasteiger partial charge in [0.1, 0.15) is 17.1 Å². The molecule has 7 heteroatoms. The lowest BCUT2D eigenvalue weighted by atomic mass is 10.0. The van der Waals surface area contributed by atoms with E-state index in [2.05, 4.69) is 11.9 Å². The fourth-order valence-electron chi connectivity index (χ4n) is 4.19. The molecule has 0 saturated heterocycles. The molecule has 0 bridgehead atoms. The summed E-state index contributed by atoms with van der Waals surface area (Å²) >= 11 is 0. The highest BCUT2D eigenvalue weighted by molar-refractivity contribution is 5.79. The van der Waals surface area contributed by atoms with Gasteiger partial charge in [-0.2, -0.15) is 0 Å². The smallest absolute Gasteiger partial charge is 0.271 e. The van der Waals surface area contributed by atoms with Crippen molar-refractivity contribution in [1.82, 2.24) is 4.98 Å². The summed E-state index contributed by atoms with van der Waals surface area (Å²) in [5.41, 5.74) is 2.34. The number of aromatic nitrogens is 1. The molecule has 36 heavy (non-hydrogen) atoms. The van der Waals surface area contributed by atoms with E-state index in [-0.39, 0.29) is 11.6 Å². The minimum atomic E-state index is -0.491. The van der Waals surface area contributed by atoms with E-state index in [1.807, 2.05) is 24.3 Å². The molecule has 0 amide bonds. The van der Waals surface area contributed by atoms with E-state index in [1.165, 1.54) is 69.2 Å². The van der Waals surface area contributed by atoms with Crippen molar-refractivity contribution in [2.75, 3.05) is 6.61 Å². The van der Waals surface area contributed by atoms with E-state index >= 15 is 0 Å². The summed E-state index contributed by atoms with van der Waals surface area (Å²) in [6.45, 7) is 2.92. The van der Waals surface area contributed by atoms with Crippen molar-refractivity contribution in [3.8, 4) is 28.3 Å². The minimum Gasteiger partial charge on any atom is -0.494 e. The summed E-state index contributed by atoms with van der Waals surface area (Å²) in [4.78, 5) is 14.8. The summed E-state index contributed by atoms with van der Waals surface area (Å²) in [5, 5.41) is 11.0. The molecule has 0 radical (unpaired) electrons. The van der Waals surface area contributed by atoms with E-state index in [4.69, 9.17) is 9.15 Å². The van der Waals surface area contributed by atoms with E-state index in [9.17, 15) is 14.5 Å². The van der Waals surface area contributed by atoms with Gasteiger partial charge in [-0.25, -0.2) is 9.37 Å². The molecule has 0 N–H and O–H groups in total. The second-order valence-electron chi connectivity index (χ2n) is 8.97. The van der Waals surface area contributed by atoms with Crippen molar-refractivity contribution in [2.45, 2.75) is 58.3 Å². The largest absolute Gasteiger partial charge is 0.494 e. The van der Waals surface area contributed by atoms with Crippen molar-refractivity contribution in [3.63, 3.8) is 0 Å². The number of hydrogen-bond donors (Lipinski definition) is 0. The van der Waals surface area contributed by atoms with Gasteiger partial charge >= 0.3 is 0 Å². The third-order valence-corrected chi connectivity index (χ3v) is 6.23. The summed E-state index contributed by atoms with van der Waals surface area (Å²) in [6.07, 6.45) is 10.0. The topological polar surface area (TPSA) is 78.4 Å². The van der Waals surface area contributed by atoms with Gasteiger partial charge in [0, 0.05) is 23.3 Å². The number of nitro groups is 1. The zero-order valence-corrected chi connectivity index (χ0v) is 20.5. The molecule has 0 spiro atoms. The van der Waals surface area contributed by atoms with Crippen LogP contribution < -0.4 is 4.74 Å². The molecule has 4 rings (SSSR count). The first-order valence-corrected chi connectivity index (χ1v) is 12.6. The molecule has 1 heterocycles. The standard InChI is InChI=1S/C29H31FN2O4/c1-2-3-4-5-6-7-8-9-18-35-24-14-10-21(11-15-24)25-16-12-22(19-26(25)30)29-31-27-20-23(32(33)34)13-17-28(27)36-29/h10-17,19-20H,2-9,18H2,1H3. The molecule has 3 aromatic carbocycles. The van der Waals surface area contributed by atoms with Gasteiger partial charge in [-0.3, -0.25) is 10.1 Å². The second kappa shape index (κ2) is 12.3. The van der Waals surface area contributed by atoms with Gasteiger partial charge in [0.15, 0.2) is 5.58 Å². The van der Waals surface area contributed by atoms with Crippen LogP contribution in [-0.4, -0.2) is 16.5 Å². The second-order valence-corrected chi connectivity index (χ2v) is 8.97. The van der Waals surface area contributed by atoms with Crippen LogP contribution >= 0.6 is 0 Å². The Balaban J connectivity index is 1.33. The van der Waals surface area contributed by atoms with Gasteiger partial charge in [0.25, 0.3) is 5.69 Å². The van der Waals surface area contributed by atoms with Crippen molar-refractivity contribution in [2.24, 2.45) is 0 Å². The van der Waals surface area contributed by atoms with Crippen LogP contribution in [0.4, 0.5) is 10.1 Å². The first kappa shape index (κ1) is 25.4. The number of fused-ring (bicyclic) bond motifs is 1. The molecular formula is C29H31FN2O4. The molecule has 0 saturated carbocycles. The lowest BCUT2D eigenvalue weighted by Gasteiger charge is -2.09. The van der Waals surface area contributed by atoms with Gasteiger partial charge in [-0.05, 0) is 42.3 Å². The average molecular weight is 491 g/mol. The summed E-state index contributed by atoms with van der Waals surface area (Å²) in [6, 6.07) is 16.4. The third-order valence-electron chi connectivity index (χ3n) is 6.23. The van der Waals surface area contributed by atoms with Gasteiger partial charge < -0.3 is 9.15 Å². The predicted molar refractivity (Wildman–Crippen MR) is 140 cm³/mol. The number of nitrogens with zero attached hydrogens (tertiary/aromatic N) is 2. The molecule has 0 unspecified atom stereocenters. The number of unbranched alkanes of at least 4 members (excludes halogenated alkanes) is 7. The Morgan fingerprint density at radius 3 is 2.28 bits per heavy atom. The van der Waals surface area contributed by atoms with Gasteiger partial charge in [0.2, 0.25) is 5.89 Å². The normalized spacial score (nSPS) is 11.2. The fourth-order valence-corrected chi connectivity index (χ4v) is 4.19. The van der Waals surface area contributed by atoms with E-state index in [0.717, 1.165) is 17.7 Å². The highest BCUT2D eigenvalue weighted by Crippen LogP contribution is 2.31. The number of rotatable bonds is 13. The molecule has 0 aliphatic heterocycles. The van der Waals surface area contributed by atoms with Crippen LogP contribution in [0.5, 0.6) is 5.75 Å². The maximum absolute atomic E-state index is 15.0. The third kappa shape index (κ3) is 6.47. The Labute approximate surface area is 210 Å². The molecule has 6 nitrogen and oxygen atoms in total. The Bertz CT molecular complexity index is 1300. The Kier molecular flexibility index (Phi) is 8.66. The maximum atomic E-state index is 15.0. The molecule has 0 aliphatic carbocycles. The molecule has 0 fully saturated rings. The Morgan fingerprint density at radius 1 is 0.889 bits per heavy atom. The quantitative estimate of drug-likeness (QED) is 0.106. The minimum absolute atomic E-state index is 0.0749.